The van der Waals surface area contributed by atoms with Crippen LogP contribution in [0.15, 0.2) is 91.0 Å². The highest BCUT2D eigenvalue weighted by molar-refractivity contribution is 6.07. The fraction of sp³-hybridized carbons (Fsp3) is 0.130. The zero-order valence-corrected chi connectivity index (χ0v) is 14.7. The lowest BCUT2D eigenvalue weighted by atomic mass is 9.65. The maximum absolute atomic E-state index is 12.0. The van der Waals surface area contributed by atoms with Crippen molar-refractivity contribution in [1.82, 2.24) is 0 Å². The van der Waals surface area contributed by atoms with E-state index in [1.807, 2.05) is 91.0 Å². The number of ether oxygens (including phenoxy) is 1. The minimum absolute atomic E-state index is 0.0742. The van der Waals surface area contributed by atoms with E-state index in [-0.39, 0.29) is 12.1 Å². The Hall–Kier alpha value is -3.20. The minimum Gasteiger partial charge on any atom is -0.469 e. The van der Waals surface area contributed by atoms with Gasteiger partial charge in [0.2, 0.25) is 0 Å². The van der Waals surface area contributed by atoms with Crippen molar-refractivity contribution in [2.24, 2.45) is 0 Å². The number of carbonyl (C=O) groups excluding carboxylic acids is 1. The largest absolute Gasteiger partial charge is 0.469 e. The quantitative estimate of drug-likeness (QED) is 0.404. The van der Waals surface area contributed by atoms with Gasteiger partial charge in [-0.1, -0.05) is 91.0 Å². The van der Waals surface area contributed by atoms with E-state index in [1.165, 1.54) is 7.11 Å². The molecule has 1 N–H and O–H groups in total. The van der Waals surface area contributed by atoms with Gasteiger partial charge in [-0.15, -0.1) is 0 Å². The molecule has 0 heterocycles. The zero-order chi connectivity index (χ0) is 18.4. The second-order valence-electron chi connectivity index (χ2n) is 6.08. The molecule has 0 aliphatic heterocycles. The Labute approximate surface area is 153 Å². The molecular formula is C23H21NO2. The number of hydrogen-bond donors (Lipinski definition) is 1. The van der Waals surface area contributed by atoms with Gasteiger partial charge in [0, 0.05) is 5.71 Å². The molecule has 0 saturated heterocycles. The van der Waals surface area contributed by atoms with Gasteiger partial charge in [0.25, 0.3) is 0 Å². The van der Waals surface area contributed by atoms with Gasteiger partial charge in [0.15, 0.2) is 0 Å². The first kappa shape index (κ1) is 17.6. The molecule has 0 aromatic heterocycles. The normalized spacial score (nSPS) is 11.0. The van der Waals surface area contributed by atoms with Crippen molar-refractivity contribution in [3.63, 3.8) is 0 Å². The molecule has 0 atom stereocenters. The molecule has 0 aliphatic rings. The van der Waals surface area contributed by atoms with E-state index < -0.39 is 11.4 Å². The highest BCUT2D eigenvalue weighted by atomic mass is 16.5. The molecule has 0 saturated carbocycles. The summed E-state index contributed by atoms with van der Waals surface area (Å²) in [5.74, 6) is -0.415. The molecule has 0 radical (unpaired) electrons. The number of methoxy groups -OCH3 is 1. The summed E-state index contributed by atoms with van der Waals surface area (Å²) in [4.78, 5) is 12.0. The van der Waals surface area contributed by atoms with Crippen LogP contribution >= 0.6 is 0 Å². The average Bonchev–Trinajstić information content (AvgIpc) is 2.71. The molecule has 26 heavy (non-hydrogen) atoms. The smallest absolute Gasteiger partial charge is 0.311 e. The Kier molecular flexibility index (Phi) is 5.28. The van der Waals surface area contributed by atoms with E-state index in [0.717, 1.165) is 16.7 Å². The van der Waals surface area contributed by atoms with Gasteiger partial charge in [-0.25, -0.2) is 0 Å². The number of carbonyl (C=O) groups is 1. The molecule has 0 amide bonds. The van der Waals surface area contributed by atoms with Crippen LogP contribution in [0.4, 0.5) is 0 Å². The number of nitrogens with one attached hydrogen (secondary N) is 1. The standard InChI is InChI=1S/C23H21NO2/c1-26-22(25)17-21(24)23(18-11-5-2-6-12-18,19-13-7-3-8-14-19)20-15-9-4-10-16-20/h2-16,24H,17H2,1H3. The van der Waals surface area contributed by atoms with Crippen LogP contribution in [0, 0.1) is 5.41 Å². The zero-order valence-electron chi connectivity index (χ0n) is 14.7. The van der Waals surface area contributed by atoms with Crippen LogP contribution in [0.5, 0.6) is 0 Å². The van der Waals surface area contributed by atoms with Crippen LogP contribution < -0.4 is 0 Å². The summed E-state index contributed by atoms with van der Waals surface area (Å²) in [6.07, 6.45) is -0.0742. The first-order chi connectivity index (χ1) is 12.7. The lowest BCUT2D eigenvalue weighted by Gasteiger charge is -2.36. The molecule has 3 rings (SSSR count). The monoisotopic (exact) mass is 343 g/mol. The Bertz CT molecular complexity index is 777. The predicted octanol–water partition coefficient (Wildman–Crippen LogP) is 4.60. The van der Waals surface area contributed by atoms with Gasteiger partial charge in [-0.2, -0.15) is 0 Å². The average molecular weight is 343 g/mol. The maximum Gasteiger partial charge on any atom is 0.311 e. The van der Waals surface area contributed by atoms with Crippen LogP contribution in [0.25, 0.3) is 0 Å². The predicted molar refractivity (Wildman–Crippen MR) is 104 cm³/mol. The fourth-order valence-corrected chi connectivity index (χ4v) is 3.44. The summed E-state index contributed by atoms with van der Waals surface area (Å²) < 4.78 is 4.84. The minimum atomic E-state index is -0.849. The third-order valence-electron chi connectivity index (χ3n) is 4.62. The van der Waals surface area contributed by atoms with Gasteiger partial charge in [-0.05, 0) is 16.7 Å². The SMILES string of the molecule is COC(=O)CC(=N)C(c1ccccc1)(c1ccccc1)c1ccccc1. The van der Waals surface area contributed by atoms with E-state index in [0.29, 0.717) is 0 Å². The number of rotatable bonds is 6. The fourth-order valence-electron chi connectivity index (χ4n) is 3.44. The Morgan fingerprint density at radius 2 is 1.12 bits per heavy atom. The molecule has 0 spiro atoms. The molecule has 0 unspecified atom stereocenters. The molecule has 0 fully saturated rings. The van der Waals surface area contributed by atoms with Crippen LogP contribution in [0.3, 0.4) is 0 Å². The number of esters is 1. The first-order valence-corrected chi connectivity index (χ1v) is 8.51. The van der Waals surface area contributed by atoms with E-state index in [9.17, 15) is 4.79 Å². The van der Waals surface area contributed by atoms with Gasteiger partial charge < -0.3 is 10.1 Å². The van der Waals surface area contributed by atoms with Crippen molar-refractivity contribution in [1.29, 1.82) is 5.41 Å². The van der Waals surface area contributed by atoms with Crippen molar-refractivity contribution in [2.75, 3.05) is 7.11 Å². The number of benzene rings is 3. The molecule has 3 aromatic carbocycles. The van der Waals surface area contributed by atoms with E-state index in [2.05, 4.69) is 0 Å². The molecule has 3 nitrogen and oxygen atoms in total. The Balaban J connectivity index is 2.32. The van der Waals surface area contributed by atoms with E-state index in [4.69, 9.17) is 10.1 Å². The first-order valence-electron chi connectivity index (χ1n) is 8.51. The molecule has 3 heteroatoms. The highest BCUT2D eigenvalue weighted by Gasteiger charge is 2.41. The molecule has 0 bridgehead atoms. The van der Waals surface area contributed by atoms with Gasteiger partial charge in [0.1, 0.15) is 0 Å². The molecular weight excluding hydrogens is 322 g/mol. The lowest BCUT2D eigenvalue weighted by molar-refractivity contribution is -0.139. The Morgan fingerprint density at radius 1 is 0.769 bits per heavy atom. The van der Waals surface area contributed by atoms with Crippen molar-refractivity contribution in [3.8, 4) is 0 Å². The van der Waals surface area contributed by atoms with Gasteiger partial charge >= 0.3 is 5.97 Å². The summed E-state index contributed by atoms with van der Waals surface area (Å²) in [6, 6.07) is 29.7. The lowest BCUT2D eigenvalue weighted by Crippen LogP contribution is -2.39. The van der Waals surface area contributed by atoms with Crippen molar-refractivity contribution < 1.29 is 9.53 Å². The molecule has 3 aromatic rings. The summed E-state index contributed by atoms with van der Waals surface area (Å²) >= 11 is 0. The second kappa shape index (κ2) is 7.79. The Morgan fingerprint density at radius 3 is 1.42 bits per heavy atom. The third-order valence-corrected chi connectivity index (χ3v) is 4.62. The van der Waals surface area contributed by atoms with Crippen molar-refractivity contribution in [2.45, 2.75) is 11.8 Å². The maximum atomic E-state index is 12.0. The summed E-state index contributed by atoms with van der Waals surface area (Å²) in [6.45, 7) is 0. The second-order valence-corrected chi connectivity index (χ2v) is 6.08. The van der Waals surface area contributed by atoms with Crippen LogP contribution in [-0.4, -0.2) is 18.8 Å². The van der Waals surface area contributed by atoms with Gasteiger partial charge in [0.05, 0.1) is 18.9 Å². The van der Waals surface area contributed by atoms with Crippen molar-refractivity contribution >= 4 is 11.7 Å². The van der Waals surface area contributed by atoms with Gasteiger partial charge in [-0.3, -0.25) is 4.79 Å². The molecule has 130 valence electrons. The summed E-state index contributed by atoms with van der Waals surface area (Å²) in [7, 11) is 1.35. The summed E-state index contributed by atoms with van der Waals surface area (Å²) in [5.41, 5.74) is 2.29. The van der Waals surface area contributed by atoms with Crippen molar-refractivity contribution in [3.05, 3.63) is 108 Å². The molecule has 0 aliphatic carbocycles. The van der Waals surface area contributed by atoms with Crippen LogP contribution in [0.1, 0.15) is 23.1 Å². The topological polar surface area (TPSA) is 50.2 Å². The number of hydrogen-bond acceptors (Lipinski definition) is 3. The van der Waals surface area contributed by atoms with Crippen LogP contribution in [0.2, 0.25) is 0 Å². The van der Waals surface area contributed by atoms with E-state index in [1.54, 1.807) is 0 Å². The van der Waals surface area contributed by atoms with E-state index >= 15 is 0 Å². The highest BCUT2D eigenvalue weighted by Crippen LogP contribution is 2.41. The van der Waals surface area contributed by atoms with Crippen LogP contribution in [-0.2, 0) is 14.9 Å². The summed E-state index contributed by atoms with van der Waals surface area (Å²) in [5, 5.41) is 8.94. The third kappa shape index (κ3) is 3.16.